The lowest BCUT2D eigenvalue weighted by Gasteiger charge is -2.37. The maximum atomic E-state index is 13.5. The Hall–Kier alpha value is -3.23. The molecule has 1 aromatic rings. The SMILES string of the molecule is CC(C)(C)OC(=O)NC1(C(=O)NC2=NCCN=C2C(=O)NC2Cc3ccccc3C2)CCCCC1. The molecule has 0 spiro atoms. The van der Waals surface area contributed by atoms with Gasteiger partial charge in [0.25, 0.3) is 11.8 Å². The number of hydrogen-bond donors (Lipinski definition) is 3. The fourth-order valence-electron chi connectivity index (χ4n) is 4.96. The number of carbonyl (C=O) groups is 3. The Labute approximate surface area is 206 Å². The minimum atomic E-state index is -1.12. The summed E-state index contributed by atoms with van der Waals surface area (Å²) < 4.78 is 5.42. The normalized spacial score (nSPS) is 19.6. The molecule has 0 saturated heterocycles. The Balaban J connectivity index is 1.43. The van der Waals surface area contributed by atoms with Crippen molar-refractivity contribution in [2.45, 2.75) is 82.9 Å². The summed E-state index contributed by atoms with van der Waals surface area (Å²) in [6, 6.07) is 8.13. The van der Waals surface area contributed by atoms with E-state index < -0.39 is 23.1 Å². The second-order valence-corrected chi connectivity index (χ2v) is 10.5. The summed E-state index contributed by atoms with van der Waals surface area (Å²) in [5, 5.41) is 8.70. The van der Waals surface area contributed by atoms with Crippen LogP contribution in [0.5, 0.6) is 0 Å². The number of nitrogens with zero attached hydrogens (tertiary/aromatic N) is 2. The van der Waals surface area contributed by atoms with Crippen LogP contribution in [0.4, 0.5) is 4.79 Å². The molecule has 1 saturated carbocycles. The smallest absolute Gasteiger partial charge is 0.408 e. The molecule has 9 heteroatoms. The fraction of sp³-hybridized carbons (Fsp3) is 0.577. The highest BCUT2D eigenvalue weighted by Gasteiger charge is 2.43. The number of rotatable bonds is 4. The predicted molar refractivity (Wildman–Crippen MR) is 134 cm³/mol. The molecule has 2 aliphatic carbocycles. The van der Waals surface area contributed by atoms with Crippen LogP contribution in [-0.4, -0.2) is 59.7 Å². The topological polar surface area (TPSA) is 121 Å². The van der Waals surface area contributed by atoms with E-state index in [1.165, 1.54) is 11.1 Å². The van der Waals surface area contributed by atoms with Gasteiger partial charge in [0.05, 0.1) is 13.1 Å². The molecule has 35 heavy (non-hydrogen) atoms. The molecule has 1 aliphatic heterocycles. The number of benzene rings is 1. The molecule has 9 nitrogen and oxygen atoms in total. The van der Waals surface area contributed by atoms with Crippen molar-refractivity contribution in [3.8, 4) is 0 Å². The van der Waals surface area contributed by atoms with Gasteiger partial charge in [0.2, 0.25) is 0 Å². The lowest BCUT2D eigenvalue weighted by atomic mass is 9.81. The monoisotopic (exact) mass is 481 g/mol. The van der Waals surface area contributed by atoms with Crippen LogP contribution in [0.15, 0.2) is 34.3 Å². The number of amidine groups is 1. The van der Waals surface area contributed by atoms with Crippen molar-refractivity contribution in [1.82, 2.24) is 16.0 Å². The standard InChI is InChI=1S/C26H35N5O4/c1-25(2,3)35-24(34)31-26(11-7-4-8-12-26)23(33)30-21-20(27-13-14-28-21)22(32)29-19-15-17-9-5-6-10-18(17)16-19/h5-6,9-10,19H,4,7-8,11-16H2,1-3H3,(H,29,32)(H,31,34)(H,28,30,33). The second kappa shape index (κ2) is 10.2. The Morgan fingerprint density at radius 3 is 2.23 bits per heavy atom. The minimum Gasteiger partial charge on any atom is -0.444 e. The van der Waals surface area contributed by atoms with Crippen molar-refractivity contribution in [1.29, 1.82) is 0 Å². The van der Waals surface area contributed by atoms with E-state index in [-0.39, 0.29) is 23.5 Å². The van der Waals surface area contributed by atoms with Crippen LogP contribution in [0.2, 0.25) is 0 Å². The van der Waals surface area contributed by atoms with Gasteiger partial charge in [-0.25, -0.2) is 4.79 Å². The van der Waals surface area contributed by atoms with E-state index in [0.717, 1.165) is 32.1 Å². The molecule has 3 aliphatic rings. The van der Waals surface area contributed by atoms with E-state index in [9.17, 15) is 14.4 Å². The Morgan fingerprint density at radius 2 is 1.60 bits per heavy atom. The zero-order valence-electron chi connectivity index (χ0n) is 20.8. The predicted octanol–water partition coefficient (Wildman–Crippen LogP) is 2.47. The maximum absolute atomic E-state index is 13.5. The van der Waals surface area contributed by atoms with Crippen molar-refractivity contribution >= 4 is 29.5 Å². The van der Waals surface area contributed by atoms with Crippen molar-refractivity contribution in [2.75, 3.05) is 13.1 Å². The van der Waals surface area contributed by atoms with Crippen molar-refractivity contribution in [3.63, 3.8) is 0 Å². The molecule has 0 bridgehead atoms. The summed E-state index contributed by atoms with van der Waals surface area (Å²) >= 11 is 0. The number of alkyl carbamates (subject to hydrolysis) is 1. The van der Waals surface area contributed by atoms with E-state index in [1.807, 2.05) is 12.1 Å². The molecule has 3 N–H and O–H groups in total. The quantitative estimate of drug-likeness (QED) is 0.612. The summed E-state index contributed by atoms with van der Waals surface area (Å²) in [6.07, 6.45) is 4.47. The molecule has 0 aromatic heterocycles. The number of hydrogen-bond acceptors (Lipinski definition) is 6. The Morgan fingerprint density at radius 1 is 0.971 bits per heavy atom. The summed E-state index contributed by atoms with van der Waals surface area (Å²) in [7, 11) is 0. The van der Waals surface area contributed by atoms with Crippen molar-refractivity contribution in [3.05, 3.63) is 35.4 Å². The van der Waals surface area contributed by atoms with Gasteiger partial charge in [0.1, 0.15) is 11.1 Å². The van der Waals surface area contributed by atoms with Gasteiger partial charge in [-0.2, -0.15) is 0 Å². The molecule has 3 amide bonds. The molecule has 1 heterocycles. The average Bonchev–Trinajstić information content (AvgIpc) is 3.21. The molecule has 188 valence electrons. The molecule has 1 fully saturated rings. The van der Waals surface area contributed by atoms with E-state index >= 15 is 0 Å². The molecule has 4 rings (SSSR count). The number of amides is 3. The molecule has 0 atom stereocenters. The number of fused-ring (bicyclic) bond motifs is 1. The highest BCUT2D eigenvalue weighted by atomic mass is 16.6. The highest BCUT2D eigenvalue weighted by molar-refractivity contribution is 6.67. The van der Waals surface area contributed by atoms with Gasteiger partial charge in [-0.1, -0.05) is 43.5 Å². The molecule has 0 radical (unpaired) electrons. The second-order valence-electron chi connectivity index (χ2n) is 10.5. The highest BCUT2D eigenvalue weighted by Crippen LogP contribution is 2.29. The number of ether oxygens (including phenoxy) is 1. The van der Waals surface area contributed by atoms with E-state index in [0.29, 0.717) is 25.9 Å². The lowest BCUT2D eigenvalue weighted by molar-refractivity contribution is -0.127. The van der Waals surface area contributed by atoms with Gasteiger partial charge < -0.3 is 20.7 Å². The van der Waals surface area contributed by atoms with E-state index in [4.69, 9.17) is 4.74 Å². The van der Waals surface area contributed by atoms with E-state index in [1.54, 1.807) is 20.8 Å². The van der Waals surface area contributed by atoms with Crippen LogP contribution < -0.4 is 16.0 Å². The lowest BCUT2D eigenvalue weighted by Crippen LogP contribution is -2.62. The summed E-state index contributed by atoms with van der Waals surface area (Å²) in [6.45, 7) is 6.10. The van der Waals surface area contributed by atoms with Crippen LogP contribution in [0, 0.1) is 0 Å². The van der Waals surface area contributed by atoms with Gasteiger partial charge in [-0.15, -0.1) is 0 Å². The van der Waals surface area contributed by atoms with Crippen LogP contribution in [0.1, 0.15) is 64.0 Å². The Kier molecular flexibility index (Phi) is 7.23. The average molecular weight is 482 g/mol. The van der Waals surface area contributed by atoms with Gasteiger partial charge in [0, 0.05) is 6.04 Å². The van der Waals surface area contributed by atoms with Crippen LogP contribution in [0.25, 0.3) is 0 Å². The van der Waals surface area contributed by atoms with Crippen LogP contribution in [0.3, 0.4) is 0 Å². The van der Waals surface area contributed by atoms with Gasteiger partial charge in [0.15, 0.2) is 11.5 Å². The zero-order valence-corrected chi connectivity index (χ0v) is 20.8. The number of carbonyl (C=O) groups excluding carboxylic acids is 3. The third-order valence-electron chi connectivity index (χ3n) is 6.58. The first-order valence-electron chi connectivity index (χ1n) is 12.4. The van der Waals surface area contributed by atoms with Crippen LogP contribution in [-0.2, 0) is 27.2 Å². The third kappa shape index (κ3) is 6.07. The minimum absolute atomic E-state index is 0.0278. The molecular formula is C26H35N5O4. The summed E-state index contributed by atoms with van der Waals surface area (Å²) in [4.78, 5) is 48.0. The number of aliphatic imine (C=N–C) groups is 2. The van der Waals surface area contributed by atoms with Crippen LogP contribution >= 0.6 is 0 Å². The molecule has 0 unspecified atom stereocenters. The van der Waals surface area contributed by atoms with Crippen molar-refractivity contribution < 1.29 is 19.1 Å². The molecule has 1 aromatic carbocycles. The van der Waals surface area contributed by atoms with Gasteiger partial charge in [-0.05, 0) is 57.6 Å². The summed E-state index contributed by atoms with van der Waals surface area (Å²) in [5.74, 6) is -0.581. The zero-order chi connectivity index (χ0) is 25.1. The number of nitrogens with one attached hydrogen (secondary N) is 3. The maximum Gasteiger partial charge on any atom is 0.408 e. The largest absolute Gasteiger partial charge is 0.444 e. The fourth-order valence-corrected chi connectivity index (χ4v) is 4.96. The van der Waals surface area contributed by atoms with Gasteiger partial charge in [-0.3, -0.25) is 19.6 Å². The summed E-state index contributed by atoms with van der Waals surface area (Å²) in [5.41, 5.74) is 0.802. The third-order valence-corrected chi connectivity index (χ3v) is 6.58. The van der Waals surface area contributed by atoms with Gasteiger partial charge >= 0.3 is 6.09 Å². The first-order valence-corrected chi connectivity index (χ1v) is 12.4. The first-order chi connectivity index (χ1) is 16.7. The van der Waals surface area contributed by atoms with E-state index in [2.05, 4.69) is 38.1 Å². The van der Waals surface area contributed by atoms with Crippen molar-refractivity contribution in [2.24, 2.45) is 9.98 Å². The molecular weight excluding hydrogens is 446 g/mol. The first kappa shape index (κ1) is 24.9. The Bertz CT molecular complexity index is 1030.